The zero-order chi connectivity index (χ0) is 19.2. The third-order valence-corrected chi connectivity index (χ3v) is 3.82. The Bertz CT molecular complexity index is 963. The van der Waals surface area contributed by atoms with Gasteiger partial charge in [-0.1, -0.05) is 12.1 Å². The predicted octanol–water partition coefficient (Wildman–Crippen LogP) is 4.23. The first kappa shape index (κ1) is 18.2. The largest absolute Gasteiger partial charge is 0.497 e. The van der Waals surface area contributed by atoms with Crippen LogP contribution < -0.4 is 20.1 Å². The van der Waals surface area contributed by atoms with Crippen LogP contribution in [0, 0.1) is 5.82 Å². The van der Waals surface area contributed by atoms with Gasteiger partial charge in [0.2, 0.25) is 0 Å². The van der Waals surface area contributed by atoms with Crippen molar-refractivity contribution in [3.05, 3.63) is 72.2 Å². The smallest absolute Gasteiger partial charge is 0.255 e. The van der Waals surface area contributed by atoms with Crippen LogP contribution in [0.1, 0.15) is 10.4 Å². The number of nitrogens with one attached hydrogen (secondary N) is 2. The standard InChI is InChI=1S/C20H18FN3O3/c1-26-14-7-8-17(18(12-14)27-2)23-19-11-13(9-10-22-19)20(25)24-16-6-4-3-5-15(16)21/h3-12H,1-2H3,(H,22,23)(H,24,25). The van der Waals surface area contributed by atoms with E-state index < -0.39 is 11.7 Å². The molecule has 0 saturated carbocycles. The summed E-state index contributed by atoms with van der Waals surface area (Å²) in [5.41, 5.74) is 1.12. The van der Waals surface area contributed by atoms with Crippen LogP contribution >= 0.6 is 0 Å². The Morgan fingerprint density at radius 1 is 1.00 bits per heavy atom. The van der Waals surface area contributed by atoms with Crippen LogP contribution in [0.15, 0.2) is 60.8 Å². The number of halogens is 1. The number of aromatic nitrogens is 1. The van der Waals surface area contributed by atoms with Crippen molar-refractivity contribution in [3.8, 4) is 11.5 Å². The normalized spacial score (nSPS) is 10.2. The Labute approximate surface area is 156 Å². The third-order valence-electron chi connectivity index (χ3n) is 3.82. The maximum absolute atomic E-state index is 13.7. The molecule has 0 spiro atoms. The quantitative estimate of drug-likeness (QED) is 0.682. The first-order valence-electron chi connectivity index (χ1n) is 8.11. The van der Waals surface area contributed by atoms with Crippen LogP contribution in [-0.2, 0) is 0 Å². The van der Waals surface area contributed by atoms with Gasteiger partial charge in [0, 0.05) is 17.8 Å². The highest BCUT2D eigenvalue weighted by Gasteiger charge is 2.11. The summed E-state index contributed by atoms with van der Waals surface area (Å²) < 4.78 is 24.2. The summed E-state index contributed by atoms with van der Waals surface area (Å²) >= 11 is 0. The van der Waals surface area contributed by atoms with Crippen molar-refractivity contribution in [1.82, 2.24) is 4.98 Å². The van der Waals surface area contributed by atoms with Crippen LogP contribution in [0.25, 0.3) is 0 Å². The van der Waals surface area contributed by atoms with E-state index in [2.05, 4.69) is 15.6 Å². The second kappa shape index (κ2) is 8.18. The molecule has 0 aliphatic heterocycles. The van der Waals surface area contributed by atoms with Crippen molar-refractivity contribution in [2.75, 3.05) is 24.9 Å². The minimum absolute atomic E-state index is 0.116. The zero-order valence-corrected chi connectivity index (χ0v) is 14.8. The van der Waals surface area contributed by atoms with E-state index in [9.17, 15) is 9.18 Å². The number of benzene rings is 2. The van der Waals surface area contributed by atoms with Crippen molar-refractivity contribution in [2.45, 2.75) is 0 Å². The predicted molar refractivity (Wildman–Crippen MR) is 101 cm³/mol. The van der Waals surface area contributed by atoms with Crippen molar-refractivity contribution in [1.29, 1.82) is 0 Å². The summed E-state index contributed by atoms with van der Waals surface area (Å²) in [4.78, 5) is 16.6. The van der Waals surface area contributed by atoms with Crippen LogP contribution in [0.4, 0.5) is 21.6 Å². The number of amides is 1. The number of para-hydroxylation sites is 1. The monoisotopic (exact) mass is 367 g/mol. The Morgan fingerprint density at radius 3 is 2.56 bits per heavy atom. The van der Waals surface area contributed by atoms with Gasteiger partial charge in [0.15, 0.2) is 0 Å². The number of rotatable bonds is 6. The highest BCUT2D eigenvalue weighted by atomic mass is 19.1. The summed E-state index contributed by atoms with van der Waals surface area (Å²) in [5, 5.41) is 5.64. The SMILES string of the molecule is COc1ccc(Nc2cc(C(=O)Nc3ccccc3F)ccn2)c(OC)c1. The van der Waals surface area contributed by atoms with E-state index in [1.807, 2.05) is 0 Å². The number of ether oxygens (including phenoxy) is 2. The summed E-state index contributed by atoms with van der Waals surface area (Å²) in [6, 6.07) is 14.4. The molecule has 0 radical (unpaired) electrons. The molecular weight excluding hydrogens is 349 g/mol. The first-order chi connectivity index (χ1) is 13.1. The first-order valence-corrected chi connectivity index (χ1v) is 8.11. The molecule has 3 aromatic rings. The fourth-order valence-corrected chi connectivity index (χ4v) is 2.44. The van der Waals surface area contributed by atoms with Gasteiger partial charge in [0.1, 0.15) is 23.1 Å². The summed E-state index contributed by atoms with van der Waals surface area (Å²) in [6.07, 6.45) is 1.49. The number of hydrogen-bond acceptors (Lipinski definition) is 5. The molecule has 0 unspecified atom stereocenters. The lowest BCUT2D eigenvalue weighted by molar-refractivity contribution is 0.102. The van der Waals surface area contributed by atoms with Gasteiger partial charge < -0.3 is 20.1 Å². The molecule has 0 bridgehead atoms. The Hall–Kier alpha value is -3.61. The Morgan fingerprint density at radius 2 is 1.81 bits per heavy atom. The summed E-state index contributed by atoms with van der Waals surface area (Å²) in [7, 11) is 3.12. The maximum atomic E-state index is 13.7. The van der Waals surface area contributed by atoms with Crippen LogP contribution in [-0.4, -0.2) is 25.1 Å². The van der Waals surface area contributed by atoms with Gasteiger partial charge in [-0.05, 0) is 36.4 Å². The molecular formula is C20H18FN3O3. The van der Waals surface area contributed by atoms with Crippen molar-refractivity contribution in [3.63, 3.8) is 0 Å². The molecule has 0 fully saturated rings. The van der Waals surface area contributed by atoms with Gasteiger partial charge in [-0.2, -0.15) is 0 Å². The minimum Gasteiger partial charge on any atom is -0.497 e. The van der Waals surface area contributed by atoms with Crippen LogP contribution in [0.5, 0.6) is 11.5 Å². The lowest BCUT2D eigenvalue weighted by atomic mass is 10.2. The van der Waals surface area contributed by atoms with Gasteiger partial charge >= 0.3 is 0 Å². The molecule has 6 nitrogen and oxygen atoms in total. The molecule has 1 aromatic heterocycles. The Balaban J connectivity index is 1.80. The topological polar surface area (TPSA) is 72.5 Å². The van der Waals surface area contributed by atoms with Crippen molar-refractivity contribution < 1.29 is 18.7 Å². The van der Waals surface area contributed by atoms with Crippen molar-refractivity contribution in [2.24, 2.45) is 0 Å². The molecule has 0 atom stereocenters. The van der Waals surface area contributed by atoms with Crippen LogP contribution in [0.3, 0.4) is 0 Å². The second-order valence-electron chi connectivity index (χ2n) is 5.55. The van der Waals surface area contributed by atoms with E-state index >= 15 is 0 Å². The molecule has 3 rings (SSSR count). The number of methoxy groups -OCH3 is 2. The summed E-state index contributed by atoms with van der Waals surface area (Å²) in [6.45, 7) is 0. The average molecular weight is 367 g/mol. The van der Waals surface area contributed by atoms with Gasteiger partial charge in [-0.25, -0.2) is 9.37 Å². The van der Waals surface area contributed by atoms with Gasteiger partial charge in [-0.15, -0.1) is 0 Å². The molecule has 1 heterocycles. The number of hydrogen-bond donors (Lipinski definition) is 2. The lowest BCUT2D eigenvalue weighted by Gasteiger charge is -2.12. The fourth-order valence-electron chi connectivity index (χ4n) is 2.44. The van der Waals surface area contributed by atoms with E-state index in [1.54, 1.807) is 56.7 Å². The molecule has 138 valence electrons. The molecule has 0 aliphatic carbocycles. The molecule has 27 heavy (non-hydrogen) atoms. The number of carbonyl (C=O) groups excluding carboxylic acids is 1. The van der Waals surface area contributed by atoms with E-state index in [4.69, 9.17) is 9.47 Å². The number of nitrogens with zero attached hydrogens (tertiary/aromatic N) is 1. The zero-order valence-electron chi connectivity index (χ0n) is 14.8. The fraction of sp³-hybridized carbons (Fsp3) is 0.100. The molecule has 2 N–H and O–H groups in total. The number of carbonyl (C=O) groups is 1. The second-order valence-corrected chi connectivity index (χ2v) is 5.55. The van der Waals surface area contributed by atoms with E-state index in [-0.39, 0.29) is 5.69 Å². The maximum Gasteiger partial charge on any atom is 0.255 e. The van der Waals surface area contributed by atoms with Crippen molar-refractivity contribution >= 4 is 23.1 Å². The minimum atomic E-state index is -0.499. The lowest BCUT2D eigenvalue weighted by Crippen LogP contribution is -2.13. The van der Waals surface area contributed by atoms with Gasteiger partial charge in [0.25, 0.3) is 5.91 Å². The third kappa shape index (κ3) is 4.33. The highest BCUT2D eigenvalue weighted by molar-refractivity contribution is 6.04. The Kier molecular flexibility index (Phi) is 5.51. The van der Waals surface area contributed by atoms with Crippen LogP contribution in [0.2, 0.25) is 0 Å². The number of anilines is 3. The average Bonchev–Trinajstić information content (AvgIpc) is 2.70. The van der Waals surface area contributed by atoms with Gasteiger partial charge in [0.05, 0.1) is 25.6 Å². The molecule has 7 heteroatoms. The van der Waals surface area contributed by atoms with E-state index in [1.165, 1.54) is 18.3 Å². The van der Waals surface area contributed by atoms with Gasteiger partial charge in [-0.3, -0.25) is 4.79 Å². The highest BCUT2D eigenvalue weighted by Crippen LogP contribution is 2.31. The summed E-state index contributed by atoms with van der Waals surface area (Å²) in [5.74, 6) is 0.730. The van der Waals surface area contributed by atoms with E-state index in [0.29, 0.717) is 28.6 Å². The molecule has 0 aliphatic rings. The number of pyridine rings is 1. The molecule has 1 amide bonds. The molecule has 0 saturated heterocycles. The van der Waals surface area contributed by atoms with E-state index in [0.717, 1.165) is 0 Å². The molecule has 2 aromatic carbocycles.